The molecule has 3 N–H and O–H groups in total. The third-order valence-electron chi connectivity index (χ3n) is 5.54. The lowest BCUT2D eigenvalue weighted by Gasteiger charge is -2.27. The smallest absolute Gasteiger partial charge is 0.306 e. The third kappa shape index (κ3) is 3.14. The van der Waals surface area contributed by atoms with Crippen LogP contribution in [0.5, 0.6) is 17.4 Å². The molecule has 0 spiro atoms. The van der Waals surface area contributed by atoms with E-state index >= 15 is 0 Å². The van der Waals surface area contributed by atoms with Gasteiger partial charge < -0.3 is 15.6 Å². The lowest BCUT2D eigenvalue weighted by Crippen LogP contribution is -2.40. The number of hydrogen-bond acceptors (Lipinski definition) is 4. The van der Waals surface area contributed by atoms with E-state index in [1.54, 1.807) is 18.5 Å². The number of aromatic hydroxyl groups is 1. The Hall–Kier alpha value is -3.86. The molecule has 0 saturated carbocycles. The van der Waals surface area contributed by atoms with Crippen molar-refractivity contribution < 1.29 is 14.4 Å². The largest absolute Gasteiger partial charge is 0.508 e. The predicted octanol–water partition coefficient (Wildman–Crippen LogP) is 4.30. The van der Waals surface area contributed by atoms with Crippen LogP contribution in [0.4, 0.5) is 5.82 Å². The van der Waals surface area contributed by atoms with E-state index in [0.29, 0.717) is 24.0 Å². The van der Waals surface area contributed by atoms with Crippen molar-refractivity contribution in [3.05, 3.63) is 107 Å². The highest BCUT2D eigenvalue weighted by Gasteiger charge is 2.36. The lowest BCUT2D eigenvalue weighted by molar-refractivity contribution is -0.677. The molecular formula is C25H22N3O2+. The Morgan fingerprint density at radius 3 is 2.57 bits per heavy atom. The van der Waals surface area contributed by atoms with Crippen LogP contribution in [-0.2, 0) is 6.54 Å². The lowest BCUT2D eigenvalue weighted by atomic mass is 9.83. The average Bonchev–Trinajstić information content (AvgIpc) is 2.76. The number of nitrogens with zero attached hydrogens (tertiary/aromatic N) is 2. The summed E-state index contributed by atoms with van der Waals surface area (Å²) in [5.74, 6) is 1.71. The summed E-state index contributed by atoms with van der Waals surface area (Å²) in [4.78, 5) is 4.58. The van der Waals surface area contributed by atoms with Crippen molar-refractivity contribution in [3.63, 3.8) is 0 Å². The number of phenolic OH excluding ortho intramolecular Hbond substituents is 1. The molecule has 2 heterocycles. The zero-order valence-electron chi connectivity index (χ0n) is 16.6. The molecule has 148 valence electrons. The summed E-state index contributed by atoms with van der Waals surface area (Å²) in [6.07, 6.45) is 1.71. The van der Waals surface area contributed by atoms with Gasteiger partial charge in [-0.3, -0.25) is 0 Å². The number of nitrogens with two attached hydrogens (primary N) is 1. The summed E-state index contributed by atoms with van der Waals surface area (Å²) in [5.41, 5.74) is 11.9. The predicted molar refractivity (Wildman–Crippen MR) is 115 cm³/mol. The van der Waals surface area contributed by atoms with E-state index in [-0.39, 0.29) is 11.7 Å². The van der Waals surface area contributed by atoms with E-state index in [1.165, 1.54) is 5.56 Å². The number of hydrogen-bond donors (Lipinski definition) is 2. The summed E-state index contributed by atoms with van der Waals surface area (Å²) >= 11 is 0. The van der Waals surface area contributed by atoms with Crippen LogP contribution >= 0.6 is 0 Å². The Labute approximate surface area is 175 Å². The van der Waals surface area contributed by atoms with Crippen molar-refractivity contribution in [1.82, 2.24) is 4.98 Å². The van der Waals surface area contributed by atoms with E-state index in [4.69, 9.17) is 10.5 Å². The summed E-state index contributed by atoms with van der Waals surface area (Å²) in [6, 6.07) is 23.8. The molecule has 0 radical (unpaired) electrons. The maximum absolute atomic E-state index is 9.96. The van der Waals surface area contributed by atoms with Gasteiger partial charge in [-0.15, -0.1) is 0 Å². The molecule has 0 aliphatic carbocycles. The molecule has 4 aromatic rings. The molecule has 3 aromatic carbocycles. The van der Waals surface area contributed by atoms with Gasteiger partial charge in [-0.2, -0.15) is 0 Å². The van der Waals surface area contributed by atoms with Crippen molar-refractivity contribution in [1.29, 1.82) is 0 Å². The van der Waals surface area contributed by atoms with Crippen LogP contribution in [0.15, 0.2) is 79.1 Å². The molecular weight excluding hydrogens is 374 g/mol. The summed E-state index contributed by atoms with van der Waals surface area (Å²) in [7, 11) is 0. The monoisotopic (exact) mass is 396 g/mol. The maximum Gasteiger partial charge on any atom is 0.306 e. The van der Waals surface area contributed by atoms with Crippen LogP contribution in [0, 0.1) is 6.92 Å². The molecule has 1 aliphatic heterocycles. The van der Waals surface area contributed by atoms with E-state index in [1.807, 2.05) is 28.8 Å². The molecule has 1 aliphatic rings. The van der Waals surface area contributed by atoms with E-state index < -0.39 is 0 Å². The maximum atomic E-state index is 9.96. The number of fused-ring (bicyclic) bond motifs is 2. The minimum atomic E-state index is -0.138. The number of rotatable bonds is 3. The molecule has 0 bridgehead atoms. The van der Waals surface area contributed by atoms with Crippen molar-refractivity contribution in [2.75, 3.05) is 5.73 Å². The first-order valence-corrected chi connectivity index (χ1v) is 9.89. The number of ether oxygens (including phenoxy) is 1. The second-order valence-electron chi connectivity index (χ2n) is 7.63. The van der Waals surface area contributed by atoms with Crippen molar-refractivity contribution in [3.8, 4) is 17.4 Å². The molecule has 0 saturated heterocycles. The Morgan fingerprint density at radius 1 is 1.03 bits per heavy atom. The Balaban J connectivity index is 1.68. The molecule has 30 heavy (non-hydrogen) atoms. The van der Waals surface area contributed by atoms with Crippen LogP contribution in [0.25, 0.3) is 0 Å². The molecule has 5 heteroatoms. The highest BCUT2D eigenvalue weighted by Crippen LogP contribution is 2.48. The quantitative estimate of drug-likeness (QED) is 0.446. The van der Waals surface area contributed by atoms with Gasteiger partial charge in [0.2, 0.25) is 12.1 Å². The van der Waals surface area contributed by atoms with Gasteiger partial charge in [-0.1, -0.05) is 71.2 Å². The fourth-order valence-electron chi connectivity index (χ4n) is 3.99. The number of nitrogen functional groups attached to an aromatic ring is 1. The van der Waals surface area contributed by atoms with Gasteiger partial charge in [0.1, 0.15) is 17.1 Å². The number of aryl methyl sites for hydroxylation is 1. The van der Waals surface area contributed by atoms with Crippen LogP contribution in [-0.4, -0.2) is 10.1 Å². The summed E-state index contributed by atoms with van der Waals surface area (Å²) in [6.45, 7) is 2.69. The van der Waals surface area contributed by atoms with Crippen molar-refractivity contribution in [2.45, 2.75) is 19.4 Å². The number of anilines is 1. The standard InChI is InChI=1S/C25H21N3O2/c1-16-7-9-18(10-8-16)22-20-12-11-19(29)13-21(20)30-25-23(22)24(26)28(15-27-25)14-17-5-3-2-4-6-17/h2-13,15,22,26,29H,14H2,1H3/p+1/t22-/m0/s1. The van der Waals surface area contributed by atoms with E-state index in [9.17, 15) is 5.11 Å². The number of aromatic nitrogens is 2. The first-order chi connectivity index (χ1) is 14.6. The van der Waals surface area contributed by atoms with E-state index in [0.717, 1.165) is 22.3 Å². The molecule has 5 rings (SSSR count). The SMILES string of the molecule is Cc1ccc([C@H]2c3ccc(O)cc3Oc3nc[n+](Cc4ccccc4)c(N)c32)cc1. The van der Waals surface area contributed by atoms with Crippen molar-refractivity contribution >= 4 is 5.82 Å². The van der Waals surface area contributed by atoms with Crippen LogP contribution in [0.1, 0.15) is 33.7 Å². The molecule has 5 nitrogen and oxygen atoms in total. The second kappa shape index (κ2) is 7.19. The fourth-order valence-corrected chi connectivity index (χ4v) is 3.99. The van der Waals surface area contributed by atoms with Gasteiger partial charge in [0, 0.05) is 11.6 Å². The summed E-state index contributed by atoms with van der Waals surface area (Å²) < 4.78 is 8.00. The summed E-state index contributed by atoms with van der Waals surface area (Å²) in [5, 5.41) is 9.96. The minimum absolute atomic E-state index is 0.138. The van der Waals surface area contributed by atoms with Gasteiger partial charge >= 0.3 is 5.88 Å². The molecule has 0 amide bonds. The van der Waals surface area contributed by atoms with Crippen molar-refractivity contribution in [2.24, 2.45) is 0 Å². The van der Waals surface area contributed by atoms with Crippen LogP contribution in [0.2, 0.25) is 0 Å². The van der Waals surface area contributed by atoms with Gasteiger partial charge in [-0.25, -0.2) is 4.57 Å². The second-order valence-corrected chi connectivity index (χ2v) is 7.63. The zero-order chi connectivity index (χ0) is 20.7. The molecule has 0 unspecified atom stereocenters. The first kappa shape index (κ1) is 18.2. The van der Waals surface area contributed by atoms with Gasteiger partial charge in [-0.05, 0) is 24.1 Å². The first-order valence-electron chi connectivity index (χ1n) is 9.89. The minimum Gasteiger partial charge on any atom is -0.508 e. The highest BCUT2D eigenvalue weighted by molar-refractivity contribution is 5.62. The third-order valence-corrected chi connectivity index (χ3v) is 5.54. The normalized spacial score (nSPS) is 14.5. The zero-order valence-corrected chi connectivity index (χ0v) is 16.6. The molecule has 0 fully saturated rings. The van der Waals surface area contributed by atoms with E-state index in [2.05, 4.69) is 48.3 Å². The Kier molecular flexibility index (Phi) is 4.36. The number of benzene rings is 3. The molecule has 1 atom stereocenters. The highest BCUT2D eigenvalue weighted by atomic mass is 16.5. The van der Waals surface area contributed by atoms with Gasteiger partial charge in [0.15, 0.2) is 0 Å². The van der Waals surface area contributed by atoms with Gasteiger partial charge in [0.25, 0.3) is 0 Å². The topological polar surface area (TPSA) is 72.2 Å². The Bertz CT molecular complexity index is 1220. The average molecular weight is 396 g/mol. The fraction of sp³-hybridized carbons (Fsp3) is 0.120. The number of phenols is 1. The molecule has 1 aromatic heterocycles. The Morgan fingerprint density at radius 2 is 1.80 bits per heavy atom. The van der Waals surface area contributed by atoms with Crippen LogP contribution in [0.3, 0.4) is 0 Å². The van der Waals surface area contributed by atoms with Gasteiger partial charge in [0.05, 0.1) is 12.5 Å². The van der Waals surface area contributed by atoms with Crippen LogP contribution < -0.4 is 15.0 Å².